The van der Waals surface area contributed by atoms with Crippen LogP contribution in [0.3, 0.4) is 0 Å². The fraction of sp³-hybridized carbons (Fsp3) is 0.172. The highest BCUT2D eigenvalue weighted by molar-refractivity contribution is 5.92. The maximum absolute atomic E-state index is 7.73. The lowest BCUT2D eigenvalue weighted by Gasteiger charge is -2.25. The normalized spacial score (nSPS) is 13.4. The molecule has 0 unspecified atom stereocenters. The van der Waals surface area contributed by atoms with Gasteiger partial charge in [-0.05, 0) is 45.9 Å². The van der Waals surface area contributed by atoms with Crippen LogP contribution in [0, 0.1) is 13.5 Å². The topological polar surface area (TPSA) is 8.24 Å². The Morgan fingerprint density at radius 3 is 2.29 bits per heavy atom. The summed E-state index contributed by atoms with van der Waals surface area (Å²) < 4.78 is 2.21. The second-order valence-electron chi connectivity index (χ2n) is 8.89. The molecule has 1 heterocycles. The second-order valence-corrected chi connectivity index (χ2v) is 8.89. The van der Waals surface area contributed by atoms with Gasteiger partial charge >= 0.3 is 0 Å². The summed E-state index contributed by atoms with van der Waals surface area (Å²) in [6.07, 6.45) is 2.15. The Morgan fingerprint density at radius 2 is 1.55 bits per heavy atom. The van der Waals surface area contributed by atoms with E-state index < -0.39 is 0 Å². The van der Waals surface area contributed by atoms with Crippen molar-refractivity contribution in [1.29, 1.82) is 0 Å². The summed E-state index contributed by atoms with van der Waals surface area (Å²) in [5.41, 5.74) is 11.6. The third-order valence-corrected chi connectivity index (χ3v) is 6.63. The summed E-state index contributed by atoms with van der Waals surface area (Å²) in [6, 6.07) is 25.6. The summed E-state index contributed by atoms with van der Waals surface area (Å²) in [4.78, 5) is 3.86. The molecular weight excluding hydrogens is 376 g/mol. The second kappa shape index (κ2) is 6.93. The molecule has 0 saturated heterocycles. The Bertz CT molecular complexity index is 1370. The monoisotopic (exact) mass is 401 g/mol. The van der Waals surface area contributed by atoms with E-state index in [4.69, 9.17) is 6.57 Å². The molecule has 0 saturated carbocycles. The van der Waals surface area contributed by atoms with Gasteiger partial charge in [-0.2, -0.15) is 0 Å². The molecule has 0 radical (unpaired) electrons. The molecule has 2 nitrogen and oxygen atoms in total. The maximum Gasteiger partial charge on any atom is 0.213 e. The lowest BCUT2D eigenvalue weighted by molar-refractivity contribution is -0.660. The number of hydrogen-bond donors (Lipinski definition) is 0. The van der Waals surface area contributed by atoms with Crippen molar-refractivity contribution in [1.82, 2.24) is 0 Å². The van der Waals surface area contributed by atoms with Crippen molar-refractivity contribution >= 4 is 5.69 Å². The van der Waals surface area contributed by atoms with Crippen molar-refractivity contribution in [3.05, 3.63) is 107 Å². The molecular formula is C29H25N2+. The van der Waals surface area contributed by atoms with Crippen LogP contribution in [0.1, 0.15) is 30.5 Å². The van der Waals surface area contributed by atoms with Crippen molar-refractivity contribution in [2.24, 2.45) is 7.05 Å². The van der Waals surface area contributed by atoms with Gasteiger partial charge in [-0.1, -0.05) is 74.5 Å². The minimum Gasteiger partial charge on any atom is -0.238 e. The third-order valence-electron chi connectivity index (χ3n) is 6.63. The number of benzene rings is 3. The van der Waals surface area contributed by atoms with E-state index in [0.29, 0.717) is 0 Å². The van der Waals surface area contributed by atoms with E-state index in [2.05, 4.69) is 104 Å². The summed E-state index contributed by atoms with van der Waals surface area (Å²) >= 11 is 0. The largest absolute Gasteiger partial charge is 0.238 e. The molecule has 1 aliphatic rings. The minimum absolute atomic E-state index is 0.247. The third kappa shape index (κ3) is 2.81. The standard InChI is InChI=1S/C29H25N2/c1-19-14-15-23-22-12-9-13-24(30-4)27(22)29(2,3)28(23)26(19)25-18-21(16-17-31(25)5)20-10-7-6-8-11-20/h6-18H,1-3,5H3/q+1. The number of aryl methyl sites for hydroxylation is 2. The van der Waals surface area contributed by atoms with Gasteiger partial charge in [0, 0.05) is 17.5 Å². The van der Waals surface area contributed by atoms with Crippen molar-refractivity contribution < 1.29 is 4.57 Å². The molecule has 4 aromatic rings. The highest BCUT2D eigenvalue weighted by Gasteiger charge is 2.41. The molecule has 0 N–H and O–H groups in total. The molecule has 31 heavy (non-hydrogen) atoms. The van der Waals surface area contributed by atoms with Gasteiger partial charge < -0.3 is 0 Å². The Morgan fingerprint density at radius 1 is 0.806 bits per heavy atom. The molecule has 0 atom stereocenters. The molecule has 0 amide bonds. The Hall–Kier alpha value is -3.70. The zero-order chi connectivity index (χ0) is 21.8. The summed E-state index contributed by atoms with van der Waals surface area (Å²) in [6.45, 7) is 14.4. The molecule has 0 spiro atoms. The fourth-order valence-corrected chi connectivity index (χ4v) is 5.18. The first-order chi connectivity index (χ1) is 14.9. The Balaban J connectivity index is 1.82. The smallest absolute Gasteiger partial charge is 0.213 e. The van der Waals surface area contributed by atoms with E-state index in [1.54, 1.807) is 0 Å². The predicted molar refractivity (Wildman–Crippen MR) is 127 cm³/mol. The molecule has 5 rings (SSSR count). The van der Waals surface area contributed by atoms with E-state index in [9.17, 15) is 0 Å². The minimum atomic E-state index is -0.247. The number of fused-ring (bicyclic) bond motifs is 3. The van der Waals surface area contributed by atoms with Gasteiger partial charge in [-0.15, -0.1) is 0 Å². The van der Waals surface area contributed by atoms with Crippen LogP contribution in [0.2, 0.25) is 0 Å². The highest BCUT2D eigenvalue weighted by atomic mass is 14.9. The van der Waals surface area contributed by atoms with Crippen molar-refractivity contribution in [3.8, 4) is 33.5 Å². The average molecular weight is 402 g/mol. The molecule has 1 aliphatic carbocycles. The molecule has 0 bridgehead atoms. The van der Waals surface area contributed by atoms with E-state index >= 15 is 0 Å². The fourth-order valence-electron chi connectivity index (χ4n) is 5.18. The van der Waals surface area contributed by atoms with Crippen molar-refractivity contribution in [2.45, 2.75) is 26.2 Å². The molecule has 2 heteroatoms. The first-order valence-electron chi connectivity index (χ1n) is 10.6. The van der Waals surface area contributed by atoms with Crippen LogP contribution >= 0.6 is 0 Å². The first kappa shape index (κ1) is 19.3. The number of hydrogen-bond acceptors (Lipinski definition) is 0. The van der Waals surface area contributed by atoms with Gasteiger partial charge in [-0.25, -0.2) is 9.41 Å². The summed E-state index contributed by atoms with van der Waals surface area (Å²) in [5, 5.41) is 0. The average Bonchev–Trinajstić information content (AvgIpc) is 3.02. The van der Waals surface area contributed by atoms with Crippen LogP contribution in [-0.2, 0) is 12.5 Å². The first-order valence-corrected chi connectivity index (χ1v) is 10.6. The van der Waals surface area contributed by atoms with Crippen molar-refractivity contribution in [3.63, 3.8) is 0 Å². The van der Waals surface area contributed by atoms with Gasteiger partial charge in [0.2, 0.25) is 5.69 Å². The predicted octanol–water partition coefficient (Wildman–Crippen LogP) is 7.01. The van der Waals surface area contributed by atoms with Gasteiger partial charge in [0.05, 0.1) is 12.1 Å². The lowest BCUT2D eigenvalue weighted by atomic mass is 9.77. The summed E-state index contributed by atoms with van der Waals surface area (Å²) in [7, 11) is 2.11. The molecule has 150 valence electrons. The van der Waals surface area contributed by atoms with E-state index in [-0.39, 0.29) is 5.41 Å². The van der Waals surface area contributed by atoms with E-state index in [1.807, 2.05) is 12.1 Å². The van der Waals surface area contributed by atoms with E-state index in [1.165, 1.54) is 44.6 Å². The lowest BCUT2D eigenvalue weighted by Crippen LogP contribution is -2.31. The molecule has 1 aromatic heterocycles. The summed E-state index contributed by atoms with van der Waals surface area (Å²) in [5.74, 6) is 0. The molecule has 3 aromatic carbocycles. The van der Waals surface area contributed by atoms with Crippen LogP contribution < -0.4 is 4.57 Å². The maximum atomic E-state index is 7.73. The highest BCUT2D eigenvalue weighted by Crippen LogP contribution is 2.55. The van der Waals surface area contributed by atoms with Crippen LogP contribution in [-0.4, -0.2) is 0 Å². The zero-order valence-electron chi connectivity index (χ0n) is 18.4. The van der Waals surface area contributed by atoms with Gasteiger partial charge in [0.15, 0.2) is 11.9 Å². The van der Waals surface area contributed by atoms with Gasteiger partial charge in [0.25, 0.3) is 0 Å². The van der Waals surface area contributed by atoms with Crippen LogP contribution in [0.25, 0.3) is 38.4 Å². The quantitative estimate of drug-likeness (QED) is 0.252. The number of nitrogens with zero attached hydrogens (tertiary/aromatic N) is 2. The Labute approximate surface area is 184 Å². The SMILES string of the molecule is [C-]#[N+]c1cccc2c1C(C)(C)c1c-2ccc(C)c1-c1cc(-c2ccccc2)cc[n+]1C. The number of aromatic nitrogens is 1. The molecule has 0 fully saturated rings. The van der Waals surface area contributed by atoms with Crippen LogP contribution in [0.4, 0.5) is 5.69 Å². The van der Waals surface area contributed by atoms with Crippen LogP contribution in [0.15, 0.2) is 79.0 Å². The number of rotatable bonds is 2. The molecule has 0 aliphatic heterocycles. The Kier molecular flexibility index (Phi) is 4.31. The van der Waals surface area contributed by atoms with Crippen molar-refractivity contribution in [2.75, 3.05) is 0 Å². The number of pyridine rings is 1. The van der Waals surface area contributed by atoms with E-state index in [0.717, 1.165) is 11.3 Å². The zero-order valence-corrected chi connectivity index (χ0v) is 18.4. The van der Waals surface area contributed by atoms with Gasteiger partial charge in [0.1, 0.15) is 7.05 Å². The van der Waals surface area contributed by atoms with Gasteiger partial charge in [-0.3, -0.25) is 0 Å². The van der Waals surface area contributed by atoms with Crippen LogP contribution in [0.5, 0.6) is 0 Å².